The molecule has 0 saturated carbocycles. The molecule has 2 amide bonds. The van der Waals surface area contributed by atoms with Crippen LogP contribution in [0.4, 0.5) is 4.79 Å². The highest BCUT2D eigenvalue weighted by atomic mass is 32.2. The predicted molar refractivity (Wildman–Crippen MR) is 93.0 cm³/mol. The first kappa shape index (κ1) is 18.0. The minimum Gasteiger partial charge on any atom is -0.337 e. The van der Waals surface area contributed by atoms with Gasteiger partial charge in [-0.2, -0.15) is 5.10 Å². The molecule has 7 nitrogen and oxygen atoms in total. The summed E-state index contributed by atoms with van der Waals surface area (Å²) in [5, 5.41) is 9.78. The number of amides is 2. The van der Waals surface area contributed by atoms with Crippen molar-refractivity contribution in [3.05, 3.63) is 47.3 Å². The topological polar surface area (TPSA) is 93.1 Å². The zero-order valence-corrected chi connectivity index (χ0v) is 14.9. The summed E-state index contributed by atoms with van der Waals surface area (Å²) >= 11 is 0. The number of rotatable bonds is 6. The summed E-state index contributed by atoms with van der Waals surface area (Å²) < 4.78 is 23.9. The molecule has 0 atom stereocenters. The average molecular weight is 350 g/mol. The number of carbonyl (C=O) groups is 1. The number of carbonyl (C=O) groups excluding carboxylic acids is 1. The van der Waals surface area contributed by atoms with Crippen molar-refractivity contribution in [1.82, 2.24) is 20.4 Å². The molecule has 0 aliphatic heterocycles. The Labute approximate surface area is 142 Å². The fraction of sp³-hybridized carbons (Fsp3) is 0.375. The van der Waals surface area contributed by atoms with E-state index in [4.69, 9.17) is 0 Å². The Morgan fingerprint density at radius 1 is 1.17 bits per heavy atom. The molecule has 1 aromatic carbocycles. The summed E-state index contributed by atoms with van der Waals surface area (Å²) in [4.78, 5) is 11.8. The minimum atomic E-state index is -3.08. The molecule has 8 heteroatoms. The zero-order valence-electron chi connectivity index (χ0n) is 14.0. The molecule has 2 rings (SSSR count). The standard InChI is InChI=1S/C16H22N4O3S/c1-12-15(11-18-16(21)17-9-10-24(3,22)23)13(2)20(19-12)14-7-5-4-6-8-14/h4-8H,9-11H2,1-3H3,(H2,17,18,21). The van der Waals surface area contributed by atoms with Crippen molar-refractivity contribution >= 4 is 15.9 Å². The van der Waals surface area contributed by atoms with Gasteiger partial charge in [0.2, 0.25) is 0 Å². The van der Waals surface area contributed by atoms with Crippen molar-refractivity contribution < 1.29 is 13.2 Å². The van der Waals surface area contributed by atoms with Crippen LogP contribution in [0.15, 0.2) is 30.3 Å². The fourth-order valence-corrected chi connectivity index (χ4v) is 2.81. The Balaban J connectivity index is 1.98. The summed E-state index contributed by atoms with van der Waals surface area (Å²) in [5.74, 6) is -0.0790. The summed E-state index contributed by atoms with van der Waals surface area (Å²) in [5.41, 5.74) is 3.70. The van der Waals surface area contributed by atoms with Crippen LogP contribution in [0.1, 0.15) is 17.0 Å². The number of nitrogens with zero attached hydrogens (tertiary/aromatic N) is 2. The average Bonchev–Trinajstić information content (AvgIpc) is 2.79. The third kappa shape index (κ3) is 4.82. The molecule has 0 bridgehead atoms. The molecule has 0 fully saturated rings. The maximum Gasteiger partial charge on any atom is 0.315 e. The predicted octanol–water partition coefficient (Wildman–Crippen LogP) is 1.33. The molecule has 2 N–H and O–H groups in total. The van der Waals surface area contributed by atoms with E-state index in [1.54, 1.807) is 0 Å². The van der Waals surface area contributed by atoms with Gasteiger partial charge in [0.1, 0.15) is 9.84 Å². The third-order valence-electron chi connectivity index (χ3n) is 3.63. The molecule has 0 saturated heterocycles. The van der Waals surface area contributed by atoms with Crippen LogP contribution in [0.2, 0.25) is 0 Å². The number of benzene rings is 1. The molecule has 1 heterocycles. The van der Waals surface area contributed by atoms with Gasteiger partial charge in [-0.3, -0.25) is 0 Å². The first-order chi connectivity index (χ1) is 11.3. The maximum absolute atomic E-state index is 11.8. The van der Waals surface area contributed by atoms with Crippen LogP contribution in [0, 0.1) is 13.8 Å². The molecule has 0 aliphatic carbocycles. The van der Waals surface area contributed by atoms with Crippen molar-refractivity contribution in [2.24, 2.45) is 0 Å². The lowest BCUT2D eigenvalue weighted by atomic mass is 10.2. The third-order valence-corrected chi connectivity index (χ3v) is 4.57. The second-order valence-electron chi connectivity index (χ2n) is 5.64. The number of aromatic nitrogens is 2. The lowest BCUT2D eigenvalue weighted by Gasteiger charge is -2.08. The maximum atomic E-state index is 11.8. The quantitative estimate of drug-likeness (QED) is 0.822. The van der Waals surface area contributed by atoms with Crippen molar-refractivity contribution in [2.75, 3.05) is 18.6 Å². The van der Waals surface area contributed by atoms with Crippen LogP contribution in [-0.2, 0) is 16.4 Å². The summed E-state index contributed by atoms with van der Waals surface area (Å²) in [6.07, 6.45) is 1.14. The molecule has 1 aromatic heterocycles. The van der Waals surface area contributed by atoms with Crippen molar-refractivity contribution in [1.29, 1.82) is 0 Å². The molecule has 130 valence electrons. The van der Waals surface area contributed by atoms with Gasteiger partial charge in [0.05, 0.1) is 17.1 Å². The van der Waals surface area contributed by atoms with E-state index in [0.29, 0.717) is 6.54 Å². The van der Waals surface area contributed by atoms with E-state index < -0.39 is 15.9 Å². The van der Waals surface area contributed by atoms with Gasteiger partial charge < -0.3 is 10.6 Å². The zero-order chi connectivity index (χ0) is 17.7. The Morgan fingerprint density at radius 3 is 2.46 bits per heavy atom. The number of nitrogens with one attached hydrogen (secondary N) is 2. The minimum absolute atomic E-state index is 0.0790. The highest BCUT2D eigenvalue weighted by Gasteiger charge is 2.13. The van der Waals surface area contributed by atoms with E-state index in [0.717, 1.165) is 28.9 Å². The largest absolute Gasteiger partial charge is 0.337 e. The fourth-order valence-electron chi connectivity index (χ4n) is 2.33. The summed E-state index contributed by atoms with van der Waals surface area (Å²) in [7, 11) is -3.08. The van der Waals surface area contributed by atoms with E-state index in [-0.39, 0.29) is 12.3 Å². The number of sulfone groups is 1. The van der Waals surface area contributed by atoms with Gasteiger partial charge in [-0.25, -0.2) is 17.9 Å². The van der Waals surface area contributed by atoms with Crippen LogP contribution >= 0.6 is 0 Å². The van der Waals surface area contributed by atoms with Gasteiger partial charge in [0.25, 0.3) is 0 Å². The first-order valence-electron chi connectivity index (χ1n) is 7.58. The molecule has 0 radical (unpaired) electrons. The van der Waals surface area contributed by atoms with Gasteiger partial charge in [-0.05, 0) is 26.0 Å². The Hall–Kier alpha value is -2.35. The van der Waals surface area contributed by atoms with E-state index in [9.17, 15) is 13.2 Å². The van der Waals surface area contributed by atoms with Gasteiger partial charge in [0, 0.05) is 30.6 Å². The molecular formula is C16H22N4O3S. The summed E-state index contributed by atoms with van der Waals surface area (Å²) in [6.45, 7) is 4.26. The van der Waals surface area contributed by atoms with E-state index >= 15 is 0 Å². The Bertz CT molecular complexity index is 813. The lowest BCUT2D eigenvalue weighted by molar-refractivity contribution is 0.241. The second-order valence-corrected chi connectivity index (χ2v) is 7.90. The number of hydrogen-bond donors (Lipinski definition) is 2. The molecule has 0 spiro atoms. The monoisotopic (exact) mass is 350 g/mol. The molecular weight excluding hydrogens is 328 g/mol. The number of aryl methyl sites for hydroxylation is 1. The molecule has 0 unspecified atom stereocenters. The van der Waals surface area contributed by atoms with Gasteiger partial charge in [-0.15, -0.1) is 0 Å². The highest BCUT2D eigenvalue weighted by Crippen LogP contribution is 2.17. The van der Waals surface area contributed by atoms with Gasteiger partial charge in [-0.1, -0.05) is 18.2 Å². The number of para-hydroxylation sites is 1. The number of urea groups is 1. The van der Waals surface area contributed by atoms with Crippen LogP contribution in [0.3, 0.4) is 0 Å². The smallest absolute Gasteiger partial charge is 0.315 e. The van der Waals surface area contributed by atoms with Crippen molar-refractivity contribution in [3.63, 3.8) is 0 Å². The van der Waals surface area contributed by atoms with Crippen LogP contribution < -0.4 is 10.6 Å². The van der Waals surface area contributed by atoms with Crippen LogP contribution in [0.5, 0.6) is 0 Å². The second kappa shape index (κ2) is 7.48. The van der Waals surface area contributed by atoms with Crippen LogP contribution in [-0.4, -0.2) is 42.8 Å². The van der Waals surface area contributed by atoms with Crippen LogP contribution in [0.25, 0.3) is 5.69 Å². The van der Waals surface area contributed by atoms with Gasteiger partial charge >= 0.3 is 6.03 Å². The van der Waals surface area contributed by atoms with E-state index in [1.165, 1.54) is 0 Å². The highest BCUT2D eigenvalue weighted by molar-refractivity contribution is 7.90. The Morgan fingerprint density at radius 2 is 1.83 bits per heavy atom. The first-order valence-corrected chi connectivity index (χ1v) is 9.64. The molecule has 2 aromatic rings. The van der Waals surface area contributed by atoms with E-state index in [2.05, 4.69) is 15.7 Å². The normalized spacial score (nSPS) is 11.3. The molecule has 0 aliphatic rings. The molecule has 24 heavy (non-hydrogen) atoms. The van der Waals surface area contributed by atoms with Gasteiger partial charge in [0.15, 0.2) is 0 Å². The van der Waals surface area contributed by atoms with Crippen molar-refractivity contribution in [2.45, 2.75) is 20.4 Å². The number of hydrogen-bond acceptors (Lipinski definition) is 4. The summed E-state index contributed by atoms with van der Waals surface area (Å²) in [6, 6.07) is 9.37. The lowest BCUT2D eigenvalue weighted by Crippen LogP contribution is -2.37. The van der Waals surface area contributed by atoms with Crippen molar-refractivity contribution in [3.8, 4) is 5.69 Å². The van der Waals surface area contributed by atoms with E-state index in [1.807, 2.05) is 48.9 Å². The Kier molecular flexibility index (Phi) is 5.61. The SMILES string of the molecule is Cc1nn(-c2ccccc2)c(C)c1CNC(=O)NCCS(C)(=O)=O.